The van der Waals surface area contributed by atoms with Crippen LogP contribution in [0.3, 0.4) is 0 Å². The van der Waals surface area contributed by atoms with E-state index in [1.165, 1.54) is 18.3 Å². The van der Waals surface area contributed by atoms with E-state index in [4.69, 9.17) is 11.6 Å². The van der Waals surface area contributed by atoms with Crippen LogP contribution in [0.15, 0.2) is 23.6 Å². The zero-order valence-corrected chi connectivity index (χ0v) is 14.2. The SMILES string of the molecule is CCN(C(C)=O)c1nc(/C=C2\C(=O)Nc3ccc(Cl)cc32)cs1. The molecule has 23 heavy (non-hydrogen) atoms. The maximum atomic E-state index is 12.1. The summed E-state index contributed by atoms with van der Waals surface area (Å²) in [6.45, 7) is 3.95. The summed E-state index contributed by atoms with van der Waals surface area (Å²) in [5.41, 5.74) is 2.66. The van der Waals surface area contributed by atoms with Crippen molar-refractivity contribution in [1.82, 2.24) is 4.98 Å². The normalized spacial score (nSPS) is 14.7. The van der Waals surface area contributed by atoms with Gasteiger partial charge in [-0.25, -0.2) is 4.98 Å². The third-order valence-electron chi connectivity index (χ3n) is 3.49. The summed E-state index contributed by atoms with van der Waals surface area (Å²) >= 11 is 7.39. The van der Waals surface area contributed by atoms with Gasteiger partial charge in [-0.15, -0.1) is 11.3 Å². The number of carbonyl (C=O) groups is 2. The van der Waals surface area contributed by atoms with Crippen LogP contribution in [0.4, 0.5) is 10.8 Å². The van der Waals surface area contributed by atoms with Crippen molar-refractivity contribution in [2.24, 2.45) is 0 Å². The van der Waals surface area contributed by atoms with Gasteiger partial charge in [0.1, 0.15) is 0 Å². The number of aromatic nitrogens is 1. The molecule has 0 aliphatic carbocycles. The molecular formula is C16H14ClN3O2S. The summed E-state index contributed by atoms with van der Waals surface area (Å²) in [4.78, 5) is 29.7. The van der Waals surface area contributed by atoms with E-state index in [-0.39, 0.29) is 11.8 Å². The molecule has 1 N–H and O–H groups in total. The van der Waals surface area contributed by atoms with Gasteiger partial charge in [-0.1, -0.05) is 11.6 Å². The molecule has 1 aromatic carbocycles. The highest BCUT2D eigenvalue weighted by molar-refractivity contribution is 7.14. The number of amides is 2. The molecule has 1 aromatic heterocycles. The van der Waals surface area contributed by atoms with E-state index >= 15 is 0 Å². The summed E-state index contributed by atoms with van der Waals surface area (Å²) in [7, 11) is 0. The quantitative estimate of drug-likeness (QED) is 0.862. The minimum absolute atomic E-state index is 0.0585. The monoisotopic (exact) mass is 347 g/mol. The Morgan fingerprint density at radius 3 is 2.96 bits per heavy atom. The number of benzene rings is 1. The highest BCUT2D eigenvalue weighted by atomic mass is 35.5. The molecule has 2 amide bonds. The summed E-state index contributed by atoms with van der Waals surface area (Å²) in [5.74, 6) is -0.243. The number of hydrogen-bond donors (Lipinski definition) is 1. The Labute approximate surface area is 142 Å². The van der Waals surface area contributed by atoms with Gasteiger partial charge < -0.3 is 5.32 Å². The van der Waals surface area contributed by atoms with Crippen LogP contribution in [0.25, 0.3) is 11.6 Å². The fraction of sp³-hybridized carbons (Fsp3) is 0.188. The molecule has 118 valence electrons. The maximum absolute atomic E-state index is 12.1. The molecule has 7 heteroatoms. The summed E-state index contributed by atoms with van der Waals surface area (Å²) in [6, 6.07) is 5.26. The Kier molecular flexibility index (Phi) is 4.19. The van der Waals surface area contributed by atoms with Crippen molar-refractivity contribution in [2.75, 3.05) is 16.8 Å². The molecule has 0 saturated heterocycles. The fourth-order valence-electron chi connectivity index (χ4n) is 2.41. The first kappa shape index (κ1) is 15.7. The number of rotatable bonds is 3. The van der Waals surface area contributed by atoms with Crippen molar-refractivity contribution < 1.29 is 9.59 Å². The highest BCUT2D eigenvalue weighted by Gasteiger charge is 2.24. The Bertz CT molecular complexity index is 828. The molecule has 2 aromatic rings. The van der Waals surface area contributed by atoms with Gasteiger partial charge in [0, 0.05) is 35.1 Å². The van der Waals surface area contributed by atoms with Crippen LogP contribution in [0, 0.1) is 0 Å². The maximum Gasteiger partial charge on any atom is 0.256 e. The predicted molar refractivity (Wildman–Crippen MR) is 93.8 cm³/mol. The van der Waals surface area contributed by atoms with Gasteiger partial charge in [0.15, 0.2) is 5.13 Å². The molecular weight excluding hydrogens is 334 g/mol. The van der Waals surface area contributed by atoms with Gasteiger partial charge in [-0.05, 0) is 31.2 Å². The molecule has 0 fully saturated rings. The Balaban J connectivity index is 1.97. The summed E-state index contributed by atoms with van der Waals surface area (Å²) in [6.07, 6.45) is 1.71. The van der Waals surface area contributed by atoms with Crippen LogP contribution in [0.1, 0.15) is 25.1 Å². The predicted octanol–water partition coefficient (Wildman–Crippen LogP) is 3.66. The Morgan fingerprint density at radius 2 is 2.26 bits per heavy atom. The van der Waals surface area contributed by atoms with Crippen molar-refractivity contribution >= 4 is 57.2 Å². The van der Waals surface area contributed by atoms with Gasteiger partial charge in [0.25, 0.3) is 5.91 Å². The zero-order chi connectivity index (χ0) is 16.6. The highest BCUT2D eigenvalue weighted by Crippen LogP contribution is 2.35. The second-order valence-electron chi connectivity index (χ2n) is 5.02. The third kappa shape index (κ3) is 3.00. The first-order valence-electron chi connectivity index (χ1n) is 7.06. The molecule has 5 nitrogen and oxygen atoms in total. The van der Waals surface area contributed by atoms with Crippen molar-refractivity contribution in [3.63, 3.8) is 0 Å². The molecule has 0 saturated carbocycles. The molecule has 0 radical (unpaired) electrons. The Morgan fingerprint density at radius 1 is 1.48 bits per heavy atom. The number of fused-ring (bicyclic) bond motifs is 1. The third-order valence-corrected chi connectivity index (χ3v) is 4.61. The topological polar surface area (TPSA) is 62.3 Å². The lowest BCUT2D eigenvalue weighted by atomic mass is 10.1. The lowest BCUT2D eigenvalue weighted by Crippen LogP contribution is -2.27. The van der Waals surface area contributed by atoms with Gasteiger partial charge in [0.2, 0.25) is 5.91 Å². The molecule has 0 spiro atoms. The number of hydrogen-bond acceptors (Lipinski definition) is 4. The number of nitrogens with one attached hydrogen (secondary N) is 1. The van der Waals surface area contributed by atoms with E-state index < -0.39 is 0 Å². The molecule has 0 atom stereocenters. The number of halogens is 1. The standard InChI is InChI=1S/C16H14ClN3O2S/c1-3-20(9(2)21)16-18-11(8-23-16)7-13-12-6-10(17)4-5-14(12)19-15(13)22/h4-8H,3H2,1-2H3,(H,19,22)/b13-7-. The molecule has 0 bridgehead atoms. The van der Waals surface area contributed by atoms with E-state index in [9.17, 15) is 9.59 Å². The van der Waals surface area contributed by atoms with Crippen LogP contribution in [-0.2, 0) is 9.59 Å². The molecule has 3 rings (SSSR count). The first-order chi connectivity index (χ1) is 11.0. The van der Waals surface area contributed by atoms with Crippen molar-refractivity contribution in [1.29, 1.82) is 0 Å². The van der Waals surface area contributed by atoms with Crippen molar-refractivity contribution in [2.45, 2.75) is 13.8 Å². The first-order valence-corrected chi connectivity index (χ1v) is 8.32. The number of nitrogens with zero attached hydrogens (tertiary/aromatic N) is 2. The Hall–Kier alpha value is -2.18. The summed E-state index contributed by atoms with van der Waals surface area (Å²) < 4.78 is 0. The molecule has 0 unspecified atom stereocenters. The van der Waals surface area contributed by atoms with Crippen LogP contribution in [-0.4, -0.2) is 23.3 Å². The largest absolute Gasteiger partial charge is 0.321 e. The number of anilines is 2. The molecule has 1 aliphatic heterocycles. The van der Waals surface area contributed by atoms with Crippen molar-refractivity contribution in [3.8, 4) is 0 Å². The van der Waals surface area contributed by atoms with E-state index in [2.05, 4.69) is 10.3 Å². The van der Waals surface area contributed by atoms with Crippen LogP contribution < -0.4 is 10.2 Å². The van der Waals surface area contributed by atoms with Crippen LogP contribution in [0.2, 0.25) is 5.02 Å². The lowest BCUT2D eigenvalue weighted by Gasteiger charge is -2.14. The van der Waals surface area contributed by atoms with Gasteiger partial charge in [-0.2, -0.15) is 0 Å². The average molecular weight is 348 g/mol. The second kappa shape index (κ2) is 6.14. The van der Waals surface area contributed by atoms with E-state index in [0.717, 1.165) is 11.3 Å². The van der Waals surface area contributed by atoms with Gasteiger partial charge >= 0.3 is 0 Å². The van der Waals surface area contributed by atoms with E-state index in [0.29, 0.717) is 28.0 Å². The van der Waals surface area contributed by atoms with E-state index in [1.807, 2.05) is 12.3 Å². The fourth-order valence-corrected chi connectivity index (χ4v) is 3.47. The molecule has 1 aliphatic rings. The van der Waals surface area contributed by atoms with Crippen molar-refractivity contribution in [3.05, 3.63) is 39.9 Å². The van der Waals surface area contributed by atoms with Gasteiger partial charge in [-0.3, -0.25) is 14.5 Å². The summed E-state index contributed by atoms with van der Waals surface area (Å²) in [5, 5.41) is 5.81. The van der Waals surface area contributed by atoms with E-state index in [1.54, 1.807) is 29.2 Å². The zero-order valence-electron chi connectivity index (χ0n) is 12.6. The van der Waals surface area contributed by atoms with Crippen LogP contribution in [0.5, 0.6) is 0 Å². The number of thiazole rings is 1. The smallest absolute Gasteiger partial charge is 0.256 e. The minimum Gasteiger partial charge on any atom is -0.321 e. The van der Waals surface area contributed by atoms with Crippen LogP contribution >= 0.6 is 22.9 Å². The number of carbonyl (C=O) groups excluding carboxylic acids is 2. The lowest BCUT2D eigenvalue weighted by molar-refractivity contribution is -0.116. The van der Waals surface area contributed by atoms with Gasteiger partial charge in [0.05, 0.1) is 11.3 Å². The second-order valence-corrected chi connectivity index (χ2v) is 6.29. The molecule has 2 heterocycles. The minimum atomic E-state index is -0.185. The average Bonchev–Trinajstić information content (AvgIpc) is 3.06.